The standard InChI is InChI=1S/C11H22N2O2/c1-11(2,3)12-10(14)15-8-7-13(4)9-5-6-9/h9H,5-8H2,1-4H3,(H,12,14). The number of ether oxygens (including phenoxy) is 1. The zero-order chi connectivity index (χ0) is 11.5. The lowest BCUT2D eigenvalue weighted by Crippen LogP contribution is -2.41. The average molecular weight is 214 g/mol. The number of likely N-dealkylation sites (N-methyl/N-ethyl adjacent to an activating group) is 1. The van der Waals surface area contributed by atoms with Crippen LogP contribution in [-0.4, -0.2) is 42.8 Å². The Bertz CT molecular complexity index is 219. The first kappa shape index (κ1) is 12.3. The van der Waals surface area contributed by atoms with Crippen LogP contribution >= 0.6 is 0 Å². The largest absolute Gasteiger partial charge is 0.448 e. The van der Waals surface area contributed by atoms with Gasteiger partial charge in [-0.15, -0.1) is 0 Å². The third-order valence-corrected chi connectivity index (χ3v) is 2.32. The molecule has 1 rings (SSSR count). The van der Waals surface area contributed by atoms with Crippen LogP contribution in [0.2, 0.25) is 0 Å². The first-order chi connectivity index (χ1) is 6.88. The number of amides is 1. The normalized spacial score (nSPS) is 16.6. The van der Waals surface area contributed by atoms with E-state index in [4.69, 9.17) is 4.74 Å². The summed E-state index contributed by atoms with van der Waals surface area (Å²) in [4.78, 5) is 13.5. The minimum absolute atomic E-state index is 0.223. The maximum Gasteiger partial charge on any atom is 0.407 e. The predicted molar refractivity (Wildman–Crippen MR) is 59.9 cm³/mol. The van der Waals surface area contributed by atoms with Gasteiger partial charge in [-0.05, 0) is 40.7 Å². The molecular weight excluding hydrogens is 192 g/mol. The molecule has 1 saturated carbocycles. The van der Waals surface area contributed by atoms with Gasteiger partial charge in [0.25, 0.3) is 0 Å². The second-order valence-electron chi connectivity index (χ2n) is 5.22. The van der Waals surface area contributed by atoms with E-state index >= 15 is 0 Å². The van der Waals surface area contributed by atoms with Crippen molar-refractivity contribution in [2.45, 2.75) is 45.2 Å². The van der Waals surface area contributed by atoms with Gasteiger partial charge in [0.05, 0.1) is 0 Å². The molecule has 0 aromatic heterocycles. The highest BCUT2D eigenvalue weighted by Crippen LogP contribution is 2.24. The molecule has 0 aliphatic heterocycles. The summed E-state index contributed by atoms with van der Waals surface area (Å²) in [5.41, 5.74) is -0.223. The van der Waals surface area contributed by atoms with Crippen molar-refractivity contribution >= 4 is 6.09 Å². The van der Waals surface area contributed by atoms with Crippen molar-refractivity contribution in [1.82, 2.24) is 10.2 Å². The van der Waals surface area contributed by atoms with Gasteiger partial charge in [-0.3, -0.25) is 0 Å². The Morgan fingerprint density at radius 3 is 2.53 bits per heavy atom. The number of carbonyl (C=O) groups excluding carboxylic acids is 1. The van der Waals surface area contributed by atoms with E-state index in [1.807, 2.05) is 20.8 Å². The summed E-state index contributed by atoms with van der Waals surface area (Å²) in [6, 6.07) is 0.722. The van der Waals surface area contributed by atoms with Crippen molar-refractivity contribution in [2.24, 2.45) is 0 Å². The Labute approximate surface area is 92.0 Å². The highest BCUT2D eigenvalue weighted by Gasteiger charge is 2.25. The molecule has 0 heterocycles. The molecular formula is C11H22N2O2. The molecule has 15 heavy (non-hydrogen) atoms. The Morgan fingerprint density at radius 2 is 2.07 bits per heavy atom. The maximum absolute atomic E-state index is 11.3. The van der Waals surface area contributed by atoms with Crippen molar-refractivity contribution in [3.8, 4) is 0 Å². The van der Waals surface area contributed by atoms with E-state index in [2.05, 4.69) is 17.3 Å². The highest BCUT2D eigenvalue weighted by atomic mass is 16.5. The lowest BCUT2D eigenvalue weighted by Gasteiger charge is -2.21. The fraction of sp³-hybridized carbons (Fsp3) is 0.909. The number of hydrogen-bond donors (Lipinski definition) is 1. The maximum atomic E-state index is 11.3. The van der Waals surface area contributed by atoms with E-state index < -0.39 is 0 Å². The van der Waals surface area contributed by atoms with Gasteiger partial charge in [-0.25, -0.2) is 4.79 Å². The zero-order valence-corrected chi connectivity index (χ0v) is 10.2. The molecule has 0 radical (unpaired) electrons. The van der Waals surface area contributed by atoms with Crippen molar-refractivity contribution in [3.05, 3.63) is 0 Å². The second-order valence-corrected chi connectivity index (χ2v) is 5.22. The zero-order valence-electron chi connectivity index (χ0n) is 10.2. The van der Waals surface area contributed by atoms with E-state index in [0.717, 1.165) is 12.6 Å². The summed E-state index contributed by atoms with van der Waals surface area (Å²) in [6.07, 6.45) is 2.24. The molecule has 1 aliphatic rings. The number of carbonyl (C=O) groups is 1. The summed E-state index contributed by atoms with van der Waals surface area (Å²) >= 11 is 0. The second kappa shape index (κ2) is 4.84. The van der Waals surface area contributed by atoms with Crippen LogP contribution in [0.3, 0.4) is 0 Å². The van der Waals surface area contributed by atoms with Gasteiger partial charge in [-0.1, -0.05) is 0 Å². The molecule has 0 saturated heterocycles. The van der Waals surface area contributed by atoms with Gasteiger partial charge in [0.1, 0.15) is 6.61 Å². The van der Waals surface area contributed by atoms with Crippen LogP contribution in [0, 0.1) is 0 Å². The quantitative estimate of drug-likeness (QED) is 0.773. The Morgan fingerprint density at radius 1 is 1.47 bits per heavy atom. The summed E-state index contributed by atoms with van der Waals surface area (Å²) in [5, 5.41) is 2.76. The lowest BCUT2D eigenvalue weighted by atomic mass is 10.1. The van der Waals surface area contributed by atoms with E-state index in [-0.39, 0.29) is 11.6 Å². The first-order valence-electron chi connectivity index (χ1n) is 5.54. The van der Waals surface area contributed by atoms with Crippen LogP contribution in [0.4, 0.5) is 4.79 Å². The monoisotopic (exact) mass is 214 g/mol. The lowest BCUT2D eigenvalue weighted by molar-refractivity contribution is 0.124. The summed E-state index contributed by atoms with van der Waals surface area (Å²) in [6.45, 7) is 7.09. The van der Waals surface area contributed by atoms with Crippen LogP contribution in [0.25, 0.3) is 0 Å². The van der Waals surface area contributed by atoms with Gasteiger partial charge < -0.3 is 15.0 Å². The number of nitrogens with one attached hydrogen (secondary N) is 1. The van der Waals surface area contributed by atoms with Crippen LogP contribution in [0.15, 0.2) is 0 Å². The number of rotatable bonds is 4. The van der Waals surface area contributed by atoms with Crippen LogP contribution in [0.1, 0.15) is 33.6 Å². The van der Waals surface area contributed by atoms with Gasteiger partial charge >= 0.3 is 6.09 Å². The number of hydrogen-bond acceptors (Lipinski definition) is 3. The molecule has 0 aromatic rings. The number of nitrogens with zero attached hydrogens (tertiary/aromatic N) is 1. The fourth-order valence-corrected chi connectivity index (χ4v) is 1.32. The van der Waals surface area contributed by atoms with Gasteiger partial charge in [0.15, 0.2) is 0 Å². The van der Waals surface area contributed by atoms with Crippen LogP contribution in [-0.2, 0) is 4.74 Å². The number of alkyl carbamates (subject to hydrolysis) is 1. The molecule has 1 fully saturated rings. The molecule has 1 amide bonds. The minimum Gasteiger partial charge on any atom is -0.448 e. The molecule has 88 valence electrons. The highest BCUT2D eigenvalue weighted by molar-refractivity contribution is 5.68. The van der Waals surface area contributed by atoms with Gasteiger partial charge in [-0.2, -0.15) is 0 Å². The Kier molecular flexibility index (Phi) is 3.97. The molecule has 0 aromatic carbocycles. The minimum atomic E-state index is -0.327. The van der Waals surface area contributed by atoms with Crippen molar-refractivity contribution in [2.75, 3.05) is 20.2 Å². The third kappa shape index (κ3) is 5.62. The fourth-order valence-electron chi connectivity index (χ4n) is 1.32. The van der Waals surface area contributed by atoms with Crippen LogP contribution < -0.4 is 5.32 Å². The molecule has 4 heteroatoms. The molecule has 1 aliphatic carbocycles. The summed E-state index contributed by atoms with van der Waals surface area (Å²) in [7, 11) is 2.07. The molecule has 1 N–H and O–H groups in total. The van der Waals surface area contributed by atoms with Gasteiger partial charge in [0.2, 0.25) is 0 Å². The van der Waals surface area contributed by atoms with E-state index in [0.29, 0.717) is 6.61 Å². The predicted octanol–water partition coefficient (Wildman–Crippen LogP) is 1.61. The Balaban J connectivity index is 2.06. The van der Waals surface area contributed by atoms with E-state index in [1.54, 1.807) is 0 Å². The average Bonchev–Trinajstić information content (AvgIpc) is 2.81. The molecule has 0 unspecified atom stereocenters. The SMILES string of the molecule is CN(CCOC(=O)NC(C)(C)C)C1CC1. The topological polar surface area (TPSA) is 41.6 Å². The van der Waals surface area contributed by atoms with E-state index in [1.165, 1.54) is 12.8 Å². The van der Waals surface area contributed by atoms with Crippen molar-refractivity contribution in [3.63, 3.8) is 0 Å². The van der Waals surface area contributed by atoms with Crippen LogP contribution in [0.5, 0.6) is 0 Å². The molecule has 4 nitrogen and oxygen atoms in total. The third-order valence-electron chi connectivity index (χ3n) is 2.32. The summed E-state index contributed by atoms with van der Waals surface area (Å²) in [5.74, 6) is 0. The Hall–Kier alpha value is -0.770. The van der Waals surface area contributed by atoms with Crippen molar-refractivity contribution in [1.29, 1.82) is 0 Å². The van der Waals surface area contributed by atoms with Crippen molar-refractivity contribution < 1.29 is 9.53 Å². The smallest absolute Gasteiger partial charge is 0.407 e. The van der Waals surface area contributed by atoms with E-state index in [9.17, 15) is 4.79 Å². The first-order valence-corrected chi connectivity index (χ1v) is 5.54. The summed E-state index contributed by atoms with van der Waals surface area (Å²) < 4.78 is 5.07. The molecule has 0 spiro atoms. The molecule has 0 atom stereocenters. The van der Waals surface area contributed by atoms with Gasteiger partial charge in [0, 0.05) is 18.1 Å². The molecule has 0 bridgehead atoms.